The highest BCUT2D eigenvalue weighted by molar-refractivity contribution is 6.06. The van der Waals surface area contributed by atoms with Gasteiger partial charge in [-0.3, -0.25) is 4.79 Å². The van der Waals surface area contributed by atoms with E-state index in [9.17, 15) is 4.79 Å². The average molecular weight is 336 g/mol. The van der Waals surface area contributed by atoms with Crippen LogP contribution in [0.3, 0.4) is 0 Å². The molecule has 0 saturated carbocycles. The molecule has 0 atom stereocenters. The molecule has 1 N–H and O–H groups in total. The van der Waals surface area contributed by atoms with E-state index >= 15 is 0 Å². The number of benzene rings is 2. The van der Waals surface area contributed by atoms with E-state index in [1.807, 2.05) is 63.2 Å². The predicted molar refractivity (Wildman–Crippen MR) is 97.0 cm³/mol. The monoisotopic (exact) mass is 336 g/mol. The van der Waals surface area contributed by atoms with Gasteiger partial charge in [-0.25, -0.2) is 4.98 Å². The molecule has 1 heterocycles. The van der Waals surface area contributed by atoms with Crippen LogP contribution in [0.15, 0.2) is 53.3 Å². The molecule has 1 aromatic heterocycles. The highest BCUT2D eigenvalue weighted by Crippen LogP contribution is 2.26. The Labute approximate surface area is 146 Å². The van der Waals surface area contributed by atoms with Crippen molar-refractivity contribution >= 4 is 11.6 Å². The van der Waals surface area contributed by atoms with Crippen molar-refractivity contribution in [2.75, 3.05) is 11.9 Å². The van der Waals surface area contributed by atoms with Crippen LogP contribution in [0.2, 0.25) is 0 Å². The van der Waals surface area contributed by atoms with Crippen molar-refractivity contribution in [3.05, 3.63) is 65.7 Å². The van der Waals surface area contributed by atoms with Crippen molar-refractivity contribution in [3.8, 4) is 17.1 Å². The topological polar surface area (TPSA) is 64.4 Å². The minimum atomic E-state index is -0.309. The van der Waals surface area contributed by atoms with Crippen LogP contribution in [0.25, 0.3) is 11.3 Å². The van der Waals surface area contributed by atoms with Crippen molar-refractivity contribution in [2.24, 2.45) is 0 Å². The first-order valence-corrected chi connectivity index (χ1v) is 8.14. The van der Waals surface area contributed by atoms with E-state index < -0.39 is 0 Å². The molecule has 2 aromatic carbocycles. The quantitative estimate of drug-likeness (QED) is 0.739. The first-order valence-electron chi connectivity index (χ1n) is 8.14. The van der Waals surface area contributed by atoms with Crippen LogP contribution in [-0.4, -0.2) is 17.5 Å². The smallest absolute Gasteiger partial charge is 0.278 e. The molecule has 0 radical (unpaired) electrons. The molecule has 3 rings (SSSR count). The number of anilines is 1. The summed E-state index contributed by atoms with van der Waals surface area (Å²) >= 11 is 0. The molecule has 5 nitrogen and oxygen atoms in total. The van der Waals surface area contributed by atoms with Crippen molar-refractivity contribution in [1.29, 1.82) is 0 Å². The van der Waals surface area contributed by atoms with Gasteiger partial charge in [0.25, 0.3) is 5.91 Å². The zero-order valence-corrected chi connectivity index (χ0v) is 14.5. The third-order valence-corrected chi connectivity index (χ3v) is 3.85. The molecule has 25 heavy (non-hydrogen) atoms. The molecule has 0 saturated heterocycles. The van der Waals surface area contributed by atoms with E-state index in [4.69, 9.17) is 9.15 Å². The third-order valence-electron chi connectivity index (χ3n) is 3.85. The average Bonchev–Trinajstić information content (AvgIpc) is 3.08. The fourth-order valence-electron chi connectivity index (χ4n) is 2.53. The number of amides is 1. The molecule has 0 spiro atoms. The molecule has 5 heteroatoms. The molecule has 3 aromatic rings. The minimum absolute atomic E-state index is 0.261. The SMILES string of the molecule is CCOc1ccc(NC(=O)c2ncoc2-c2ccc(C)cc2)c(C)c1. The van der Waals surface area contributed by atoms with Gasteiger partial charge in [0.1, 0.15) is 5.75 Å². The summed E-state index contributed by atoms with van der Waals surface area (Å²) in [6, 6.07) is 13.3. The largest absolute Gasteiger partial charge is 0.494 e. The van der Waals surface area contributed by atoms with E-state index in [0.717, 1.165) is 22.4 Å². The van der Waals surface area contributed by atoms with Crippen molar-refractivity contribution < 1.29 is 13.9 Å². The Morgan fingerprint density at radius 2 is 1.92 bits per heavy atom. The van der Waals surface area contributed by atoms with Crippen LogP contribution >= 0.6 is 0 Å². The summed E-state index contributed by atoms with van der Waals surface area (Å²) in [6.07, 6.45) is 1.29. The normalized spacial score (nSPS) is 10.5. The van der Waals surface area contributed by atoms with Crippen LogP contribution in [-0.2, 0) is 0 Å². The molecular weight excluding hydrogens is 316 g/mol. The summed E-state index contributed by atoms with van der Waals surface area (Å²) in [6.45, 7) is 6.46. The number of hydrogen-bond donors (Lipinski definition) is 1. The third kappa shape index (κ3) is 3.71. The maximum absolute atomic E-state index is 12.6. The number of ether oxygens (including phenoxy) is 1. The van der Waals surface area contributed by atoms with E-state index in [-0.39, 0.29) is 11.6 Å². The number of carbonyl (C=O) groups excluding carboxylic acids is 1. The van der Waals surface area contributed by atoms with Gasteiger partial charge in [-0.15, -0.1) is 0 Å². The Hall–Kier alpha value is -3.08. The highest BCUT2D eigenvalue weighted by atomic mass is 16.5. The van der Waals surface area contributed by atoms with Gasteiger partial charge in [0.2, 0.25) is 0 Å². The lowest BCUT2D eigenvalue weighted by Gasteiger charge is -2.10. The fourth-order valence-corrected chi connectivity index (χ4v) is 2.53. The number of aryl methyl sites for hydroxylation is 2. The van der Waals surface area contributed by atoms with Crippen molar-refractivity contribution in [3.63, 3.8) is 0 Å². The van der Waals surface area contributed by atoms with Crippen LogP contribution in [0.1, 0.15) is 28.5 Å². The van der Waals surface area contributed by atoms with Crippen molar-refractivity contribution in [1.82, 2.24) is 4.98 Å². The lowest BCUT2D eigenvalue weighted by Crippen LogP contribution is -2.14. The number of nitrogens with one attached hydrogen (secondary N) is 1. The van der Waals surface area contributed by atoms with Gasteiger partial charge in [0.05, 0.1) is 6.61 Å². The zero-order chi connectivity index (χ0) is 17.8. The first kappa shape index (κ1) is 16.8. The molecule has 0 fully saturated rings. The second-order valence-corrected chi connectivity index (χ2v) is 5.76. The number of aromatic nitrogens is 1. The Morgan fingerprint density at radius 3 is 2.60 bits per heavy atom. The second kappa shape index (κ2) is 7.21. The summed E-state index contributed by atoms with van der Waals surface area (Å²) in [4.78, 5) is 16.7. The molecule has 0 aliphatic heterocycles. The van der Waals surface area contributed by atoms with E-state index in [0.29, 0.717) is 18.1 Å². The molecular formula is C20H20N2O3. The fraction of sp³-hybridized carbons (Fsp3) is 0.200. The molecule has 0 aliphatic carbocycles. The summed E-state index contributed by atoms with van der Waals surface area (Å²) in [5, 5.41) is 2.89. The van der Waals surface area contributed by atoms with Gasteiger partial charge in [0, 0.05) is 11.3 Å². The van der Waals surface area contributed by atoms with Gasteiger partial charge < -0.3 is 14.5 Å². The lowest BCUT2D eigenvalue weighted by molar-refractivity contribution is 0.102. The Balaban J connectivity index is 1.83. The predicted octanol–water partition coefficient (Wildman–Crippen LogP) is 4.61. The van der Waals surface area contributed by atoms with Gasteiger partial charge >= 0.3 is 0 Å². The molecule has 0 bridgehead atoms. The summed E-state index contributed by atoms with van der Waals surface area (Å²) in [5.74, 6) is 0.928. The maximum Gasteiger partial charge on any atom is 0.278 e. The number of oxazole rings is 1. The molecule has 0 unspecified atom stereocenters. The minimum Gasteiger partial charge on any atom is -0.494 e. The Bertz CT molecular complexity index is 882. The van der Waals surface area contributed by atoms with Gasteiger partial charge in [-0.05, 0) is 44.5 Å². The Morgan fingerprint density at radius 1 is 1.16 bits per heavy atom. The number of nitrogens with zero attached hydrogens (tertiary/aromatic N) is 1. The second-order valence-electron chi connectivity index (χ2n) is 5.76. The first-order chi connectivity index (χ1) is 12.1. The van der Waals surface area contributed by atoms with E-state index in [1.54, 1.807) is 0 Å². The standard InChI is InChI=1S/C20H20N2O3/c1-4-24-16-9-10-17(14(3)11-16)22-20(23)18-19(25-12-21-18)15-7-5-13(2)6-8-15/h5-12H,4H2,1-3H3,(H,22,23). The van der Waals surface area contributed by atoms with Gasteiger partial charge in [0.15, 0.2) is 17.8 Å². The van der Waals surface area contributed by atoms with Crippen molar-refractivity contribution in [2.45, 2.75) is 20.8 Å². The number of carbonyl (C=O) groups is 1. The molecule has 128 valence electrons. The summed E-state index contributed by atoms with van der Waals surface area (Å²) in [5.41, 5.74) is 3.85. The molecule has 0 aliphatic rings. The van der Waals surface area contributed by atoms with Gasteiger partial charge in [-0.1, -0.05) is 29.8 Å². The van der Waals surface area contributed by atoms with Crippen LogP contribution in [0, 0.1) is 13.8 Å². The van der Waals surface area contributed by atoms with Crippen LogP contribution in [0.5, 0.6) is 5.75 Å². The van der Waals surface area contributed by atoms with E-state index in [2.05, 4.69) is 10.3 Å². The number of hydrogen-bond acceptors (Lipinski definition) is 4. The van der Waals surface area contributed by atoms with Crippen LogP contribution in [0.4, 0.5) is 5.69 Å². The number of rotatable bonds is 5. The van der Waals surface area contributed by atoms with Crippen LogP contribution < -0.4 is 10.1 Å². The summed E-state index contributed by atoms with van der Waals surface area (Å²) < 4.78 is 10.9. The zero-order valence-electron chi connectivity index (χ0n) is 14.5. The lowest BCUT2D eigenvalue weighted by atomic mass is 10.1. The summed E-state index contributed by atoms with van der Waals surface area (Å²) in [7, 11) is 0. The molecule has 1 amide bonds. The Kier molecular flexibility index (Phi) is 4.84. The maximum atomic E-state index is 12.6. The van der Waals surface area contributed by atoms with Gasteiger partial charge in [-0.2, -0.15) is 0 Å². The highest BCUT2D eigenvalue weighted by Gasteiger charge is 2.19. The van der Waals surface area contributed by atoms with E-state index in [1.165, 1.54) is 6.39 Å².